The Kier molecular flexibility index (Phi) is 12.9. The lowest BCUT2D eigenvalue weighted by molar-refractivity contribution is 0.0132. The number of morpholine rings is 1. The van der Waals surface area contributed by atoms with Gasteiger partial charge >= 0.3 is 0 Å². The molecule has 0 spiro atoms. The van der Waals surface area contributed by atoms with Crippen molar-refractivity contribution < 1.29 is 4.74 Å². The molecule has 2 saturated heterocycles. The maximum absolute atomic E-state index is 5.55. The Morgan fingerprint density at radius 3 is 2.56 bits per heavy atom. The number of hydrogen-bond acceptors (Lipinski definition) is 4. The highest BCUT2D eigenvalue weighted by Crippen LogP contribution is 2.16. The van der Waals surface area contributed by atoms with E-state index in [9.17, 15) is 0 Å². The fourth-order valence-electron chi connectivity index (χ4n) is 4.74. The minimum absolute atomic E-state index is 0. The van der Waals surface area contributed by atoms with Crippen LogP contribution in [0.25, 0.3) is 0 Å². The van der Waals surface area contributed by atoms with Crippen molar-refractivity contribution in [1.29, 1.82) is 0 Å². The summed E-state index contributed by atoms with van der Waals surface area (Å²) in [5.74, 6) is 2.31. The van der Waals surface area contributed by atoms with Gasteiger partial charge in [-0.3, -0.25) is 9.89 Å². The van der Waals surface area contributed by atoms with E-state index in [2.05, 4.69) is 69.6 Å². The van der Waals surface area contributed by atoms with Gasteiger partial charge < -0.3 is 20.3 Å². The van der Waals surface area contributed by atoms with Gasteiger partial charge in [-0.2, -0.15) is 0 Å². The molecule has 7 heteroatoms. The maximum atomic E-state index is 5.55. The molecule has 0 aromatic heterocycles. The number of ether oxygens (including phenoxy) is 1. The zero-order chi connectivity index (χ0) is 21.9. The first-order valence-corrected chi connectivity index (χ1v) is 12.2. The standard InChI is InChI=1S/C25H43N5O.HI/c1-21(2)17-24(30-13-15-31-16-14-30)19-28-25(26-3)27-18-23-10-12-29(20-23)11-9-22-7-5-4-6-8-22;/h4-8,21,23-24H,9-20H2,1-3H3,(H2,26,27,28);1H. The highest BCUT2D eigenvalue weighted by molar-refractivity contribution is 14.0. The van der Waals surface area contributed by atoms with Gasteiger partial charge in [0.2, 0.25) is 0 Å². The average molecular weight is 558 g/mol. The fourth-order valence-corrected chi connectivity index (χ4v) is 4.74. The molecular formula is C25H44IN5O. The van der Waals surface area contributed by atoms with Crippen molar-refractivity contribution in [2.24, 2.45) is 16.8 Å². The van der Waals surface area contributed by atoms with Crippen LogP contribution >= 0.6 is 24.0 Å². The molecule has 32 heavy (non-hydrogen) atoms. The highest BCUT2D eigenvalue weighted by Gasteiger charge is 2.24. The molecule has 6 nitrogen and oxygen atoms in total. The minimum Gasteiger partial charge on any atom is -0.379 e. The summed E-state index contributed by atoms with van der Waals surface area (Å²) in [7, 11) is 1.88. The first-order chi connectivity index (χ1) is 15.1. The zero-order valence-corrected chi connectivity index (χ0v) is 22.6. The molecule has 2 heterocycles. The SMILES string of the molecule is CN=C(NCC1CCN(CCc2ccccc2)C1)NCC(CC(C)C)N1CCOCC1.I. The van der Waals surface area contributed by atoms with Crippen LogP contribution in [-0.4, -0.2) is 87.9 Å². The molecule has 182 valence electrons. The molecule has 2 atom stereocenters. The summed E-state index contributed by atoms with van der Waals surface area (Å²) in [5, 5.41) is 7.18. The molecule has 1 aromatic rings. The van der Waals surface area contributed by atoms with Crippen molar-refractivity contribution in [3.05, 3.63) is 35.9 Å². The Balaban J connectivity index is 0.00000363. The number of guanidine groups is 1. The highest BCUT2D eigenvalue weighted by atomic mass is 127. The van der Waals surface area contributed by atoms with Crippen LogP contribution in [0.5, 0.6) is 0 Å². The lowest BCUT2D eigenvalue weighted by Gasteiger charge is -2.35. The van der Waals surface area contributed by atoms with Crippen molar-refractivity contribution in [3.63, 3.8) is 0 Å². The van der Waals surface area contributed by atoms with Crippen LogP contribution in [0.2, 0.25) is 0 Å². The Morgan fingerprint density at radius 1 is 1.12 bits per heavy atom. The maximum Gasteiger partial charge on any atom is 0.191 e. The van der Waals surface area contributed by atoms with E-state index in [-0.39, 0.29) is 24.0 Å². The third kappa shape index (κ3) is 9.53. The van der Waals surface area contributed by atoms with Gasteiger partial charge in [0.25, 0.3) is 0 Å². The molecule has 2 unspecified atom stereocenters. The van der Waals surface area contributed by atoms with Crippen molar-refractivity contribution in [3.8, 4) is 0 Å². The number of halogens is 1. The van der Waals surface area contributed by atoms with Crippen molar-refractivity contribution in [2.45, 2.75) is 39.2 Å². The number of rotatable bonds is 10. The van der Waals surface area contributed by atoms with Crippen molar-refractivity contribution >= 4 is 29.9 Å². The summed E-state index contributed by atoms with van der Waals surface area (Å²) < 4.78 is 5.55. The number of nitrogens with one attached hydrogen (secondary N) is 2. The number of benzene rings is 1. The largest absolute Gasteiger partial charge is 0.379 e. The van der Waals surface area contributed by atoms with Gasteiger partial charge in [-0.25, -0.2) is 0 Å². The molecule has 3 rings (SSSR count). The Bertz CT molecular complexity index is 651. The second-order valence-electron chi connectivity index (χ2n) is 9.46. The van der Waals surface area contributed by atoms with E-state index in [4.69, 9.17) is 4.74 Å². The van der Waals surface area contributed by atoms with Gasteiger partial charge in [-0.15, -0.1) is 24.0 Å². The van der Waals surface area contributed by atoms with Crippen LogP contribution in [0, 0.1) is 11.8 Å². The van der Waals surface area contributed by atoms with E-state index < -0.39 is 0 Å². The Morgan fingerprint density at radius 2 is 1.88 bits per heavy atom. The van der Waals surface area contributed by atoms with Gasteiger partial charge in [-0.1, -0.05) is 44.2 Å². The summed E-state index contributed by atoms with van der Waals surface area (Å²) in [4.78, 5) is 9.66. The van der Waals surface area contributed by atoms with Crippen molar-refractivity contribution in [1.82, 2.24) is 20.4 Å². The summed E-state index contributed by atoms with van der Waals surface area (Å²) in [6.07, 6.45) is 3.61. The molecular weight excluding hydrogens is 513 g/mol. The molecule has 0 saturated carbocycles. The Hall–Kier alpha value is -0.900. The molecule has 0 amide bonds. The number of aliphatic imine (C=N–C) groups is 1. The lowest BCUT2D eigenvalue weighted by Crippen LogP contribution is -2.51. The molecule has 2 aliphatic heterocycles. The lowest BCUT2D eigenvalue weighted by atomic mass is 10.0. The van der Waals surface area contributed by atoms with E-state index in [1.807, 2.05) is 7.05 Å². The quantitative estimate of drug-likeness (QED) is 0.263. The first-order valence-electron chi connectivity index (χ1n) is 12.2. The summed E-state index contributed by atoms with van der Waals surface area (Å²) in [6.45, 7) is 13.9. The van der Waals surface area contributed by atoms with Gasteiger partial charge in [0.1, 0.15) is 0 Å². The first kappa shape index (κ1) is 27.3. The number of likely N-dealkylation sites (tertiary alicyclic amines) is 1. The molecule has 0 radical (unpaired) electrons. The van der Waals surface area contributed by atoms with E-state index in [0.29, 0.717) is 17.9 Å². The predicted octanol–water partition coefficient (Wildman–Crippen LogP) is 3.08. The average Bonchev–Trinajstić information content (AvgIpc) is 3.26. The number of hydrogen-bond donors (Lipinski definition) is 2. The van der Waals surface area contributed by atoms with E-state index in [1.54, 1.807) is 0 Å². The third-order valence-electron chi connectivity index (χ3n) is 6.52. The second kappa shape index (κ2) is 15.1. The summed E-state index contributed by atoms with van der Waals surface area (Å²) >= 11 is 0. The molecule has 1 aromatic carbocycles. The third-order valence-corrected chi connectivity index (χ3v) is 6.52. The number of nitrogens with zero attached hydrogens (tertiary/aromatic N) is 3. The van der Waals surface area contributed by atoms with Gasteiger partial charge in [0, 0.05) is 52.4 Å². The molecule has 2 aliphatic rings. The zero-order valence-electron chi connectivity index (χ0n) is 20.3. The van der Waals surface area contributed by atoms with Crippen LogP contribution in [0.3, 0.4) is 0 Å². The van der Waals surface area contributed by atoms with Crippen LogP contribution in [0.4, 0.5) is 0 Å². The van der Waals surface area contributed by atoms with Crippen molar-refractivity contribution in [2.75, 3.05) is 66.1 Å². The van der Waals surface area contributed by atoms with Gasteiger partial charge in [0.15, 0.2) is 5.96 Å². The monoisotopic (exact) mass is 557 g/mol. The molecule has 0 aliphatic carbocycles. The minimum atomic E-state index is 0. The van der Waals surface area contributed by atoms with Crippen LogP contribution in [0.15, 0.2) is 35.3 Å². The molecule has 0 bridgehead atoms. The van der Waals surface area contributed by atoms with Crippen LogP contribution < -0.4 is 10.6 Å². The van der Waals surface area contributed by atoms with E-state index >= 15 is 0 Å². The normalized spacial score (nSPS) is 21.4. The topological polar surface area (TPSA) is 52.1 Å². The smallest absolute Gasteiger partial charge is 0.191 e. The van der Waals surface area contributed by atoms with Crippen LogP contribution in [0.1, 0.15) is 32.3 Å². The van der Waals surface area contributed by atoms with Crippen LogP contribution in [-0.2, 0) is 11.2 Å². The predicted molar refractivity (Wildman–Crippen MR) is 145 cm³/mol. The van der Waals surface area contributed by atoms with E-state index in [1.165, 1.54) is 31.5 Å². The molecule has 2 fully saturated rings. The molecule has 2 N–H and O–H groups in total. The fraction of sp³-hybridized carbons (Fsp3) is 0.720. The van der Waals surface area contributed by atoms with E-state index in [0.717, 1.165) is 58.3 Å². The Labute approximate surface area is 212 Å². The summed E-state index contributed by atoms with van der Waals surface area (Å²) in [6, 6.07) is 11.4. The summed E-state index contributed by atoms with van der Waals surface area (Å²) in [5.41, 5.74) is 1.44. The second-order valence-corrected chi connectivity index (χ2v) is 9.46. The van der Waals surface area contributed by atoms with Gasteiger partial charge in [-0.05, 0) is 43.2 Å². The van der Waals surface area contributed by atoms with Gasteiger partial charge in [0.05, 0.1) is 13.2 Å².